The van der Waals surface area contributed by atoms with Crippen molar-refractivity contribution >= 4 is 13.6 Å². The van der Waals surface area contributed by atoms with Crippen molar-refractivity contribution in [1.29, 1.82) is 0 Å². The van der Waals surface area contributed by atoms with E-state index in [9.17, 15) is 4.11 Å². The van der Waals surface area contributed by atoms with E-state index in [-0.39, 0.29) is 46.0 Å². The normalized spacial score (nSPS) is 8.47. The summed E-state index contributed by atoms with van der Waals surface area (Å²) in [6, 6.07) is 7.46. The van der Waals surface area contributed by atoms with Crippen molar-refractivity contribution in [3.63, 3.8) is 0 Å². The summed E-state index contributed by atoms with van der Waals surface area (Å²) in [5.74, 6) is 0. The molecule has 1 aromatic carbocycles. The van der Waals surface area contributed by atoms with E-state index in [0.717, 1.165) is 5.19 Å². The number of aliphatic hydroxyl groups excluding tert-OH is 3. The number of hydrogen-bond donors (Lipinski definition) is 3. The summed E-state index contributed by atoms with van der Waals surface area (Å²) in [5, 5.41) is 23.6. The molecule has 0 aliphatic carbocycles. The molecular weight excluding hydrogens is 342 g/mol. The molecule has 0 bridgehead atoms. The fourth-order valence-corrected chi connectivity index (χ4v) is 1.76. The Labute approximate surface area is 137 Å². The molecule has 0 heterocycles. The summed E-state index contributed by atoms with van der Waals surface area (Å²) in [4.78, 5) is 0. The van der Waals surface area contributed by atoms with Crippen LogP contribution < -0.4 is 5.19 Å². The SMILES string of the molecule is CCO.CCO.CCO.C[Si](C)(F)[c-]1cccc1.[Zr]. The molecular formula is C13H28FO3SiZr-. The summed E-state index contributed by atoms with van der Waals surface area (Å²) in [6.45, 7) is 9.19. The second-order valence-electron chi connectivity index (χ2n) is 3.59. The third-order valence-electron chi connectivity index (χ3n) is 1.35. The van der Waals surface area contributed by atoms with Crippen LogP contribution in [0.2, 0.25) is 13.1 Å². The van der Waals surface area contributed by atoms with Crippen molar-refractivity contribution in [1.82, 2.24) is 0 Å². The fourth-order valence-electron chi connectivity index (χ4n) is 0.770. The third-order valence-corrected chi connectivity index (χ3v) is 3.06. The summed E-state index contributed by atoms with van der Waals surface area (Å²) < 4.78 is 13.1. The predicted molar refractivity (Wildman–Crippen MR) is 78.5 cm³/mol. The first kappa shape index (κ1) is 27.6. The predicted octanol–water partition coefficient (Wildman–Crippen LogP) is 1.78. The number of hydrogen-bond acceptors (Lipinski definition) is 3. The van der Waals surface area contributed by atoms with E-state index < -0.39 is 8.41 Å². The number of aliphatic hydroxyl groups is 3. The summed E-state index contributed by atoms with van der Waals surface area (Å²) in [6.07, 6.45) is 0. The molecule has 114 valence electrons. The Bertz CT molecular complexity index is 222. The second kappa shape index (κ2) is 20.6. The van der Waals surface area contributed by atoms with Gasteiger partial charge in [0.2, 0.25) is 8.41 Å². The van der Waals surface area contributed by atoms with Crippen molar-refractivity contribution < 1.29 is 45.6 Å². The smallest absolute Gasteiger partial charge is 0.214 e. The zero-order chi connectivity index (χ0) is 15.0. The van der Waals surface area contributed by atoms with Gasteiger partial charge in [-0.15, -0.1) is 5.19 Å². The summed E-state index contributed by atoms with van der Waals surface area (Å²) >= 11 is 0. The number of rotatable bonds is 1. The Kier molecular flexibility index (Phi) is 29.9. The molecule has 3 N–H and O–H groups in total. The van der Waals surface area contributed by atoms with E-state index in [2.05, 4.69) is 0 Å². The van der Waals surface area contributed by atoms with Crippen LogP contribution in [0, 0.1) is 0 Å². The molecule has 0 spiro atoms. The molecule has 1 aromatic rings. The van der Waals surface area contributed by atoms with Crippen LogP contribution in [0.3, 0.4) is 0 Å². The molecule has 0 radical (unpaired) electrons. The topological polar surface area (TPSA) is 60.7 Å². The zero-order valence-electron chi connectivity index (χ0n) is 12.7. The van der Waals surface area contributed by atoms with Crippen LogP contribution in [0.5, 0.6) is 0 Å². The van der Waals surface area contributed by atoms with Gasteiger partial charge in [0.05, 0.1) is 0 Å². The van der Waals surface area contributed by atoms with Gasteiger partial charge in [0, 0.05) is 46.0 Å². The van der Waals surface area contributed by atoms with E-state index in [1.807, 2.05) is 24.3 Å². The Morgan fingerprint density at radius 3 is 1.21 bits per heavy atom. The van der Waals surface area contributed by atoms with Crippen molar-refractivity contribution in [3.8, 4) is 0 Å². The van der Waals surface area contributed by atoms with Crippen LogP contribution in [0.25, 0.3) is 0 Å². The van der Waals surface area contributed by atoms with Crippen LogP contribution in [-0.4, -0.2) is 43.5 Å². The standard InChI is InChI=1S/C7H10FSi.3C2H6O.Zr/c1-9(2,8)7-5-3-4-6-7;3*1-2-3;/h3-6H,1-2H3;3*3H,2H2,1H3;/q-1;;;;. The van der Waals surface area contributed by atoms with Gasteiger partial charge >= 0.3 is 0 Å². The van der Waals surface area contributed by atoms with Crippen LogP contribution in [0.1, 0.15) is 20.8 Å². The van der Waals surface area contributed by atoms with Gasteiger partial charge in [-0.25, -0.2) is 12.1 Å². The minimum absolute atomic E-state index is 0. The van der Waals surface area contributed by atoms with Crippen molar-refractivity contribution in [2.24, 2.45) is 0 Å². The first-order valence-corrected chi connectivity index (χ1v) is 8.96. The molecule has 0 aliphatic heterocycles. The molecule has 19 heavy (non-hydrogen) atoms. The molecule has 0 aliphatic rings. The molecule has 0 fully saturated rings. The average molecular weight is 371 g/mol. The van der Waals surface area contributed by atoms with E-state index in [1.165, 1.54) is 0 Å². The van der Waals surface area contributed by atoms with E-state index in [1.54, 1.807) is 33.9 Å². The molecule has 1 rings (SSSR count). The summed E-state index contributed by atoms with van der Waals surface area (Å²) in [5.41, 5.74) is 0. The van der Waals surface area contributed by atoms with Gasteiger partial charge < -0.3 is 19.4 Å². The Morgan fingerprint density at radius 2 is 1.11 bits per heavy atom. The molecule has 0 atom stereocenters. The van der Waals surface area contributed by atoms with Crippen molar-refractivity contribution in [2.75, 3.05) is 19.8 Å². The Balaban J connectivity index is -0.0000000956. The molecule has 0 saturated heterocycles. The van der Waals surface area contributed by atoms with Crippen molar-refractivity contribution in [2.45, 2.75) is 33.9 Å². The van der Waals surface area contributed by atoms with Crippen LogP contribution in [0.4, 0.5) is 4.11 Å². The minimum atomic E-state index is -2.48. The second-order valence-corrected chi connectivity index (χ2v) is 7.12. The van der Waals surface area contributed by atoms with Gasteiger partial charge in [0.25, 0.3) is 0 Å². The number of halogens is 1. The average Bonchev–Trinajstić information content (AvgIpc) is 2.72. The third kappa shape index (κ3) is 27.5. The van der Waals surface area contributed by atoms with Gasteiger partial charge in [-0.2, -0.15) is 12.1 Å². The maximum Gasteiger partial charge on any atom is 0.214 e. The quantitative estimate of drug-likeness (QED) is 0.401. The van der Waals surface area contributed by atoms with Gasteiger partial charge in [-0.1, -0.05) is 0 Å². The largest absolute Gasteiger partial charge is 0.397 e. The van der Waals surface area contributed by atoms with E-state index in [4.69, 9.17) is 15.3 Å². The molecule has 0 unspecified atom stereocenters. The monoisotopic (exact) mass is 369 g/mol. The first-order chi connectivity index (χ1) is 8.35. The van der Waals surface area contributed by atoms with Gasteiger partial charge in [-0.05, 0) is 33.9 Å². The van der Waals surface area contributed by atoms with Gasteiger partial charge in [0.1, 0.15) is 0 Å². The van der Waals surface area contributed by atoms with Crippen LogP contribution in [0.15, 0.2) is 24.3 Å². The van der Waals surface area contributed by atoms with Crippen LogP contribution >= 0.6 is 0 Å². The van der Waals surface area contributed by atoms with Crippen molar-refractivity contribution in [3.05, 3.63) is 24.3 Å². The van der Waals surface area contributed by atoms with Gasteiger partial charge in [0.15, 0.2) is 0 Å². The molecule has 0 saturated carbocycles. The molecule has 3 nitrogen and oxygen atoms in total. The maximum atomic E-state index is 13.1. The molecule has 0 aromatic heterocycles. The van der Waals surface area contributed by atoms with Gasteiger partial charge in [-0.3, -0.25) is 0 Å². The van der Waals surface area contributed by atoms with E-state index >= 15 is 0 Å². The first-order valence-electron chi connectivity index (χ1n) is 6.09. The fraction of sp³-hybridized carbons (Fsp3) is 0.615. The molecule has 0 amide bonds. The maximum absolute atomic E-state index is 13.1. The van der Waals surface area contributed by atoms with E-state index in [0.29, 0.717) is 0 Å². The summed E-state index contributed by atoms with van der Waals surface area (Å²) in [7, 11) is -2.48. The van der Waals surface area contributed by atoms with Crippen LogP contribution in [-0.2, 0) is 26.2 Å². The minimum Gasteiger partial charge on any atom is -0.397 e. The molecule has 6 heteroatoms. The Morgan fingerprint density at radius 1 is 0.895 bits per heavy atom. The zero-order valence-corrected chi connectivity index (χ0v) is 16.1. The Hall–Kier alpha value is 0.260.